The van der Waals surface area contributed by atoms with Gasteiger partial charge in [0.25, 0.3) is 5.91 Å². The highest BCUT2D eigenvalue weighted by Gasteiger charge is 2.24. The van der Waals surface area contributed by atoms with Crippen LogP contribution in [0, 0.1) is 0 Å². The second kappa shape index (κ2) is 9.21. The number of nitrogens with one attached hydrogen (secondary N) is 1. The highest BCUT2D eigenvalue weighted by Crippen LogP contribution is 2.44. The molecule has 0 fully saturated rings. The van der Waals surface area contributed by atoms with Crippen molar-refractivity contribution in [1.82, 2.24) is 4.98 Å². The van der Waals surface area contributed by atoms with Crippen LogP contribution in [0.15, 0.2) is 30.0 Å². The Bertz CT molecular complexity index is 902. The van der Waals surface area contributed by atoms with Crippen LogP contribution in [0.2, 0.25) is 5.02 Å². The van der Waals surface area contributed by atoms with E-state index in [9.17, 15) is 4.79 Å². The molecular formula is C20H21ClN2O4S. The fraction of sp³-hybridized carbons (Fsp3) is 0.350. The van der Waals surface area contributed by atoms with Gasteiger partial charge in [-0.05, 0) is 62.6 Å². The molecule has 28 heavy (non-hydrogen) atoms. The highest BCUT2D eigenvalue weighted by atomic mass is 35.5. The molecule has 2 heterocycles. The van der Waals surface area contributed by atoms with Crippen molar-refractivity contribution in [1.29, 1.82) is 0 Å². The van der Waals surface area contributed by atoms with Crippen molar-refractivity contribution >= 4 is 40.0 Å². The number of anilines is 1. The molecule has 8 heteroatoms. The fourth-order valence-corrected chi connectivity index (χ4v) is 4.91. The zero-order valence-electron chi connectivity index (χ0n) is 15.2. The molecule has 0 unspecified atom stereocenters. The minimum atomic E-state index is -1.83. The zero-order valence-corrected chi connectivity index (χ0v) is 16.8. The molecule has 3 N–H and O–H groups in total. The molecule has 0 spiro atoms. The lowest BCUT2D eigenvalue weighted by molar-refractivity contribution is -0.112. The minimum Gasteiger partial charge on any atom is -0.450 e. The third kappa shape index (κ3) is 4.91. The Labute approximate surface area is 171 Å². The van der Waals surface area contributed by atoms with Gasteiger partial charge in [0.05, 0.1) is 10.7 Å². The van der Waals surface area contributed by atoms with Crippen LogP contribution in [-0.4, -0.2) is 27.3 Å². The molecule has 0 radical (unpaired) electrons. The van der Waals surface area contributed by atoms with Crippen LogP contribution in [0.4, 0.5) is 9.80 Å². The van der Waals surface area contributed by atoms with Crippen molar-refractivity contribution in [3.8, 4) is 11.3 Å². The number of carbonyl (C=O) groups excluding carboxylic acids is 1. The number of pyridine rings is 1. The first-order valence-corrected chi connectivity index (χ1v) is 10.3. The molecule has 2 aliphatic carbocycles. The molecule has 2 aromatic heterocycles. The second-order valence-electron chi connectivity index (χ2n) is 6.63. The summed E-state index contributed by atoms with van der Waals surface area (Å²) in [5.74, 6) is 0.0429. The number of aryl methyl sites for hydroxylation is 1. The fourth-order valence-electron chi connectivity index (χ4n) is 3.51. The molecule has 4 rings (SSSR count). The van der Waals surface area contributed by atoms with E-state index in [4.69, 9.17) is 26.6 Å². The Balaban J connectivity index is 0.000000516. The van der Waals surface area contributed by atoms with Crippen molar-refractivity contribution in [2.45, 2.75) is 44.9 Å². The topological polar surface area (TPSA) is 99.5 Å². The molecule has 0 aromatic carbocycles. The van der Waals surface area contributed by atoms with E-state index in [-0.39, 0.29) is 5.91 Å². The van der Waals surface area contributed by atoms with Crippen molar-refractivity contribution in [2.24, 2.45) is 0 Å². The van der Waals surface area contributed by atoms with Gasteiger partial charge in [-0.2, -0.15) is 0 Å². The molecule has 1 amide bonds. The standard InChI is InChI=1S/C19H19ClN2OS.CH2O3/c20-13-9-10-15(21-11-13)17-14-7-3-4-8-16(14)24-19(17)22-18(23)12-5-1-2-6-12;2-1(3)4/h5,9-11H,1-4,6-8H2,(H,22,23);(H2,2,3,4). The summed E-state index contributed by atoms with van der Waals surface area (Å²) in [4.78, 5) is 27.0. The SMILES string of the molecule is O=C(Nc1sc2c(c1-c1ccc(Cl)cn1)CCCC2)C1=CCCC1.O=C(O)O. The molecule has 0 bridgehead atoms. The predicted octanol–water partition coefficient (Wildman–Crippen LogP) is 5.61. The maximum absolute atomic E-state index is 12.6. The Morgan fingerprint density at radius 1 is 1.11 bits per heavy atom. The number of nitrogens with zero attached hydrogens (tertiary/aromatic N) is 1. The van der Waals surface area contributed by atoms with Gasteiger partial charge in [-0.15, -0.1) is 11.3 Å². The Hall–Kier alpha value is -2.38. The summed E-state index contributed by atoms with van der Waals surface area (Å²) in [6.07, 6.45) is 9.44. The van der Waals surface area contributed by atoms with Gasteiger partial charge in [0.15, 0.2) is 0 Å². The quantitative estimate of drug-likeness (QED) is 0.598. The lowest BCUT2D eigenvalue weighted by Crippen LogP contribution is -2.13. The van der Waals surface area contributed by atoms with Gasteiger partial charge in [0.2, 0.25) is 0 Å². The lowest BCUT2D eigenvalue weighted by Gasteiger charge is -2.13. The Morgan fingerprint density at radius 2 is 1.86 bits per heavy atom. The molecule has 6 nitrogen and oxygen atoms in total. The number of allylic oxidation sites excluding steroid dienone is 1. The number of amides is 1. The summed E-state index contributed by atoms with van der Waals surface area (Å²) < 4.78 is 0. The first kappa shape index (κ1) is 20.4. The first-order chi connectivity index (χ1) is 13.5. The van der Waals surface area contributed by atoms with Gasteiger partial charge in [-0.3, -0.25) is 9.78 Å². The summed E-state index contributed by atoms with van der Waals surface area (Å²) in [5, 5.41) is 18.7. The maximum Gasteiger partial charge on any atom is 0.503 e. The number of fused-ring (bicyclic) bond motifs is 1. The van der Waals surface area contributed by atoms with E-state index in [1.54, 1.807) is 17.5 Å². The van der Waals surface area contributed by atoms with E-state index in [0.717, 1.165) is 53.9 Å². The molecule has 2 aliphatic rings. The predicted molar refractivity (Wildman–Crippen MR) is 110 cm³/mol. The van der Waals surface area contributed by atoms with Crippen LogP contribution in [0.3, 0.4) is 0 Å². The molecule has 0 aliphatic heterocycles. The minimum absolute atomic E-state index is 0.0429. The number of halogens is 1. The van der Waals surface area contributed by atoms with Gasteiger partial charge in [0.1, 0.15) is 5.00 Å². The van der Waals surface area contributed by atoms with Crippen molar-refractivity contribution in [3.63, 3.8) is 0 Å². The number of thiophene rings is 1. The van der Waals surface area contributed by atoms with Crippen molar-refractivity contribution in [3.05, 3.63) is 45.4 Å². The molecule has 0 saturated heterocycles. The Morgan fingerprint density at radius 3 is 2.50 bits per heavy atom. The van der Waals surface area contributed by atoms with Crippen LogP contribution in [0.5, 0.6) is 0 Å². The smallest absolute Gasteiger partial charge is 0.450 e. The molecular weight excluding hydrogens is 400 g/mol. The molecule has 0 atom stereocenters. The number of carbonyl (C=O) groups is 2. The third-order valence-corrected chi connectivity index (χ3v) is 6.15. The van der Waals surface area contributed by atoms with Gasteiger partial charge < -0.3 is 15.5 Å². The number of aromatic nitrogens is 1. The van der Waals surface area contributed by atoms with Crippen LogP contribution in [-0.2, 0) is 17.6 Å². The van der Waals surface area contributed by atoms with Gasteiger partial charge in [-0.1, -0.05) is 17.7 Å². The average molecular weight is 421 g/mol. The summed E-state index contributed by atoms with van der Waals surface area (Å²) >= 11 is 7.71. The van der Waals surface area contributed by atoms with Crippen LogP contribution >= 0.6 is 22.9 Å². The summed E-state index contributed by atoms with van der Waals surface area (Å²) in [5.41, 5.74) is 4.26. The normalized spacial score (nSPS) is 15.1. The number of carboxylic acid groups (broad SMARTS) is 2. The van der Waals surface area contributed by atoms with Crippen LogP contribution < -0.4 is 5.32 Å². The summed E-state index contributed by atoms with van der Waals surface area (Å²) in [7, 11) is 0. The van der Waals surface area contributed by atoms with Crippen molar-refractivity contribution < 1.29 is 19.8 Å². The molecule has 0 saturated carbocycles. The van der Waals surface area contributed by atoms with Gasteiger partial charge in [0, 0.05) is 22.2 Å². The Kier molecular flexibility index (Phi) is 6.70. The van der Waals surface area contributed by atoms with E-state index in [1.807, 2.05) is 12.1 Å². The number of hydrogen-bond acceptors (Lipinski definition) is 4. The monoisotopic (exact) mass is 420 g/mol. The lowest BCUT2D eigenvalue weighted by atomic mass is 9.94. The summed E-state index contributed by atoms with van der Waals surface area (Å²) in [6, 6.07) is 3.81. The van der Waals surface area contributed by atoms with E-state index >= 15 is 0 Å². The molecule has 148 valence electrons. The summed E-state index contributed by atoms with van der Waals surface area (Å²) in [6.45, 7) is 0. The van der Waals surface area contributed by atoms with E-state index < -0.39 is 6.16 Å². The van der Waals surface area contributed by atoms with Gasteiger partial charge in [-0.25, -0.2) is 4.79 Å². The number of hydrogen-bond donors (Lipinski definition) is 3. The zero-order chi connectivity index (χ0) is 20.1. The van der Waals surface area contributed by atoms with E-state index in [2.05, 4.69) is 16.4 Å². The van der Waals surface area contributed by atoms with E-state index in [1.165, 1.54) is 23.3 Å². The second-order valence-corrected chi connectivity index (χ2v) is 8.18. The van der Waals surface area contributed by atoms with E-state index in [0.29, 0.717) is 5.02 Å². The first-order valence-electron chi connectivity index (χ1n) is 9.14. The number of rotatable bonds is 3. The largest absolute Gasteiger partial charge is 0.503 e. The van der Waals surface area contributed by atoms with Crippen molar-refractivity contribution in [2.75, 3.05) is 5.32 Å². The van der Waals surface area contributed by atoms with Crippen LogP contribution in [0.1, 0.15) is 42.5 Å². The third-order valence-electron chi connectivity index (χ3n) is 4.71. The van der Waals surface area contributed by atoms with Crippen LogP contribution in [0.25, 0.3) is 11.3 Å². The average Bonchev–Trinajstić information content (AvgIpc) is 3.30. The maximum atomic E-state index is 12.6. The van der Waals surface area contributed by atoms with Gasteiger partial charge >= 0.3 is 6.16 Å². The molecule has 2 aromatic rings. The highest BCUT2D eigenvalue weighted by molar-refractivity contribution is 7.17.